The third-order valence-corrected chi connectivity index (χ3v) is 3.52. The maximum Gasteiger partial charge on any atom is 0.0898 e. The Morgan fingerprint density at radius 3 is 2.78 bits per heavy atom. The van der Waals surface area contributed by atoms with E-state index in [-0.39, 0.29) is 6.04 Å². The Kier molecular flexibility index (Phi) is 3.81. The van der Waals surface area contributed by atoms with Crippen molar-refractivity contribution >= 4 is 22.7 Å². The molecule has 96 valence electrons. The first-order valence-corrected chi connectivity index (χ1v) is 6.76. The van der Waals surface area contributed by atoms with Gasteiger partial charge in [0.1, 0.15) is 0 Å². The van der Waals surface area contributed by atoms with Gasteiger partial charge in [-0.2, -0.15) is 0 Å². The Hall–Kier alpha value is -1.62. The summed E-state index contributed by atoms with van der Waals surface area (Å²) in [6.07, 6.45) is 3.66. The minimum atomic E-state index is 0.179. The van der Waals surface area contributed by atoms with E-state index in [4.69, 9.17) is 0 Å². The van der Waals surface area contributed by atoms with Crippen molar-refractivity contribution in [1.29, 1.82) is 0 Å². The molecule has 1 unspecified atom stereocenters. The quantitative estimate of drug-likeness (QED) is 0.919. The normalized spacial score (nSPS) is 12.2. The molecule has 0 aliphatic heterocycles. The summed E-state index contributed by atoms with van der Waals surface area (Å²) in [5.41, 5.74) is 3.23. The smallest absolute Gasteiger partial charge is 0.0898 e. The molecule has 2 aromatic heterocycles. The number of aromatic nitrogens is 2. The largest absolute Gasteiger partial charge is 0.376 e. The Bertz CT molecular complexity index is 521. The number of nitrogens with zero attached hydrogens (tertiary/aromatic N) is 3. The molecular formula is C13H18N4S. The van der Waals surface area contributed by atoms with E-state index in [9.17, 15) is 0 Å². The van der Waals surface area contributed by atoms with E-state index >= 15 is 0 Å². The first-order chi connectivity index (χ1) is 8.58. The van der Waals surface area contributed by atoms with E-state index < -0.39 is 0 Å². The fraction of sp³-hybridized carbons (Fsp3) is 0.385. The highest BCUT2D eigenvalue weighted by Gasteiger charge is 2.11. The van der Waals surface area contributed by atoms with Crippen LogP contribution < -0.4 is 10.2 Å². The molecule has 0 amide bonds. The number of hydrogen-bond donors (Lipinski definition) is 1. The van der Waals surface area contributed by atoms with Gasteiger partial charge in [-0.3, -0.25) is 4.98 Å². The highest BCUT2D eigenvalue weighted by atomic mass is 32.1. The molecule has 1 atom stereocenters. The molecule has 18 heavy (non-hydrogen) atoms. The summed E-state index contributed by atoms with van der Waals surface area (Å²) in [5, 5.41) is 6.65. The lowest BCUT2D eigenvalue weighted by atomic mass is 10.2. The van der Waals surface area contributed by atoms with E-state index in [2.05, 4.69) is 32.5 Å². The molecule has 2 rings (SSSR count). The van der Waals surface area contributed by atoms with Crippen LogP contribution in [0.5, 0.6) is 0 Å². The Balaban J connectivity index is 2.19. The number of nitrogens with one attached hydrogen (secondary N) is 1. The van der Waals surface area contributed by atoms with Crippen LogP contribution in [0.2, 0.25) is 0 Å². The first kappa shape index (κ1) is 12.8. The molecule has 2 aromatic rings. The molecule has 0 aliphatic rings. The summed E-state index contributed by atoms with van der Waals surface area (Å²) in [5.74, 6) is 0. The molecule has 0 saturated carbocycles. The third-order valence-electron chi connectivity index (χ3n) is 2.73. The van der Waals surface area contributed by atoms with E-state index in [0.29, 0.717) is 0 Å². The molecule has 0 spiro atoms. The van der Waals surface area contributed by atoms with Crippen LogP contribution in [0, 0.1) is 6.92 Å². The summed E-state index contributed by atoms with van der Waals surface area (Å²) in [7, 11) is 4.05. The van der Waals surface area contributed by atoms with Gasteiger partial charge in [-0.05, 0) is 19.9 Å². The summed E-state index contributed by atoms with van der Waals surface area (Å²) in [6, 6.07) is 2.18. The van der Waals surface area contributed by atoms with Crippen molar-refractivity contribution < 1.29 is 0 Å². The minimum Gasteiger partial charge on any atom is -0.376 e. The zero-order chi connectivity index (χ0) is 13.1. The van der Waals surface area contributed by atoms with Gasteiger partial charge in [0, 0.05) is 25.7 Å². The van der Waals surface area contributed by atoms with Crippen molar-refractivity contribution in [2.75, 3.05) is 24.3 Å². The fourth-order valence-electron chi connectivity index (χ4n) is 1.77. The summed E-state index contributed by atoms with van der Waals surface area (Å²) < 4.78 is 0. The molecule has 5 heteroatoms. The van der Waals surface area contributed by atoms with Crippen LogP contribution in [-0.2, 0) is 0 Å². The fourth-order valence-corrected chi connectivity index (χ4v) is 2.48. The van der Waals surface area contributed by atoms with Crippen LogP contribution in [0.3, 0.4) is 0 Å². The van der Waals surface area contributed by atoms with E-state index in [1.165, 1.54) is 0 Å². The predicted octanol–water partition coefficient (Wildman–Crippen LogP) is 3.09. The van der Waals surface area contributed by atoms with Gasteiger partial charge < -0.3 is 10.2 Å². The van der Waals surface area contributed by atoms with Gasteiger partial charge in [0.2, 0.25) is 0 Å². The molecule has 0 fully saturated rings. The molecular weight excluding hydrogens is 244 g/mol. The highest BCUT2D eigenvalue weighted by Crippen LogP contribution is 2.27. The lowest BCUT2D eigenvalue weighted by Crippen LogP contribution is -2.14. The molecule has 0 radical (unpaired) electrons. The summed E-state index contributed by atoms with van der Waals surface area (Å²) >= 11 is 1.68. The number of anilines is 2. The number of rotatable bonds is 4. The van der Waals surface area contributed by atoms with Gasteiger partial charge >= 0.3 is 0 Å². The van der Waals surface area contributed by atoms with Gasteiger partial charge in [0.25, 0.3) is 0 Å². The van der Waals surface area contributed by atoms with Gasteiger partial charge in [-0.15, -0.1) is 11.3 Å². The number of thiazole rings is 1. The van der Waals surface area contributed by atoms with E-state index in [0.717, 1.165) is 22.1 Å². The monoisotopic (exact) mass is 262 g/mol. The van der Waals surface area contributed by atoms with Crippen molar-refractivity contribution in [3.63, 3.8) is 0 Å². The van der Waals surface area contributed by atoms with Crippen molar-refractivity contribution in [3.8, 4) is 0 Å². The van der Waals surface area contributed by atoms with Crippen LogP contribution in [0.25, 0.3) is 0 Å². The second-order valence-electron chi connectivity index (χ2n) is 4.44. The first-order valence-electron chi connectivity index (χ1n) is 5.88. The van der Waals surface area contributed by atoms with Crippen LogP contribution in [0.4, 0.5) is 11.4 Å². The average Bonchev–Trinajstić information content (AvgIpc) is 2.76. The SMILES string of the molecule is Cc1nc(C(C)Nc2cnccc2N(C)C)cs1. The van der Waals surface area contributed by atoms with Gasteiger partial charge in [-0.1, -0.05) is 0 Å². The maximum absolute atomic E-state index is 4.50. The minimum absolute atomic E-state index is 0.179. The second kappa shape index (κ2) is 5.35. The third kappa shape index (κ3) is 2.79. The molecule has 0 aliphatic carbocycles. The van der Waals surface area contributed by atoms with Crippen molar-refractivity contribution in [2.24, 2.45) is 0 Å². The van der Waals surface area contributed by atoms with Crippen LogP contribution >= 0.6 is 11.3 Å². The second-order valence-corrected chi connectivity index (χ2v) is 5.51. The van der Waals surface area contributed by atoms with Crippen molar-refractivity contribution in [1.82, 2.24) is 9.97 Å². The van der Waals surface area contributed by atoms with Crippen LogP contribution in [-0.4, -0.2) is 24.1 Å². The van der Waals surface area contributed by atoms with Gasteiger partial charge in [0.15, 0.2) is 0 Å². The van der Waals surface area contributed by atoms with E-state index in [1.54, 1.807) is 17.5 Å². The summed E-state index contributed by atoms with van der Waals surface area (Å²) in [4.78, 5) is 10.7. The number of pyridine rings is 1. The van der Waals surface area contributed by atoms with Crippen LogP contribution in [0.1, 0.15) is 23.7 Å². The molecule has 2 heterocycles. The molecule has 0 aromatic carbocycles. The maximum atomic E-state index is 4.50. The molecule has 1 N–H and O–H groups in total. The van der Waals surface area contributed by atoms with Crippen LogP contribution in [0.15, 0.2) is 23.8 Å². The molecule has 0 saturated heterocycles. The molecule has 0 bridgehead atoms. The Labute approximate surface area is 112 Å². The lowest BCUT2D eigenvalue weighted by molar-refractivity contribution is 0.843. The lowest BCUT2D eigenvalue weighted by Gasteiger charge is -2.20. The topological polar surface area (TPSA) is 41.1 Å². The van der Waals surface area contributed by atoms with Gasteiger partial charge in [-0.25, -0.2) is 4.98 Å². The zero-order valence-corrected chi connectivity index (χ0v) is 12.0. The zero-order valence-electron chi connectivity index (χ0n) is 11.1. The average molecular weight is 262 g/mol. The van der Waals surface area contributed by atoms with E-state index in [1.807, 2.05) is 33.3 Å². The Morgan fingerprint density at radius 2 is 2.17 bits per heavy atom. The Morgan fingerprint density at radius 1 is 1.39 bits per heavy atom. The van der Waals surface area contributed by atoms with Gasteiger partial charge in [0.05, 0.1) is 34.3 Å². The summed E-state index contributed by atoms with van der Waals surface area (Å²) in [6.45, 7) is 4.14. The number of aryl methyl sites for hydroxylation is 1. The van der Waals surface area contributed by atoms with Crippen molar-refractivity contribution in [2.45, 2.75) is 19.9 Å². The molecule has 4 nitrogen and oxygen atoms in total. The number of hydrogen-bond acceptors (Lipinski definition) is 5. The van der Waals surface area contributed by atoms with Crippen molar-refractivity contribution in [3.05, 3.63) is 34.5 Å². The standard InChI is InChI=1S/C13H18N4S/c1-9(12-8-18-10(2)16-12)15-11-7-14-6-5-13(11)17(3)4/h5-9,15H,1-4H3. The highest BCUT2D eigenvalue weighted by molar-refractivity contribution is 7.09. The predicted molar refractivity (Wildman–Crippen MR) is 77.5 cm³/mol.